The summed E-state index contributed by atoms with van der Waals surface area (Å²) in [6, 6.07) is -1.93. The number of carbonyl (C=O) groups is 1. The summed E-state index contributed by atoms with van der Waals surface area (Å²) < 4.78 is 20.0. The van der Waals surface area contributed by atoms with Crippen LogP contribution in [0.3, 0.4) is 0 Å². The zero-order chi connectivity index (χ0) is 9.23. The topological polar surface area (TPSA) is 83.5 Å². The van der Waals surface area contributed by atoms with Crippen molar-refractivity contribution in [2.24, 2.45) is 5.73 Å². The van der Waals surface area contributed by atoms with Gasteiger partial charge < -0.3 is 15.9 Å². The summed E-state index contributed by atoms with van der Waals surface area (Å²) in [5, 5.41) is 17.0. The number of aliphatic hydroxyl groups is 1. The van der Waals surface area contributed by atoms with Crippen molar-refractivity contribution >= 4 is 5.97 Å². The van der Waals surface area contributed by atoms with Gasteiger partial charge in [0.15, 0.2) is 0 Å². The van der Waals surface area contributed by atoms with Gasteiger partial charge in [0, 0.05) is 2.74 Å². The van der Waals surface area contributed by atoms with E-state index in [9.17, 15) is 4.79 Å². The van der Waals surface area contributed by atoms with Crippen LogP contribution in [0.1, 0.15) is 11.0 Å². The van der Waals surface area contributed by atoms with E-state index in [0.29, 0.717) is 0 Å². The summed E-state index contributed by atoms with van der Waals surface area (Å²) in [6.07, 6.45) is -2.76. The van der Waals surface area contributed by atoms with Crippen molar-refractivity contribution < 1.29 is 19.1 Å². The molecule has 4 nitrogen and oxygen atoms in total. The molecule has 0 aliphatic rings. The first kappa shape index (κ1) is 3.42. The minimum Gasteiger partial charge on any atom is -0.480 e. The van der Waals surface area contributed by atoms with Gasteiger partial charge in [0.2, 0.25) is 0 Å². The molecular formula is C4H9NO3. The summed E-state index contributed by atoms with van der Waals surface area (Å²) in [4.78, 5) is 10.1. The first-order chi connectivity index (χ1) is 4.80. The highest BCUT2D eigenvalue weighted by atomic mass is 16.5. The average Bonchev–Trinajstić information content (AvgIpc) is 1.85. The summed E-state index contributed by atoms with van der Waals surface area (Å²) in [7, 11) is 0. The number of hydrogen-bond donors (Lipinski definition) is 3. The lowest BCUT2D eigenvalue weighted by Crippen LogP contribution is -2.39. The molecule has 0 spiro atoms. The molecule has 0 rings (SSSR count). The molecule has 0 aliphatic carbocycles. The minimum atomic E-state index is -2.76. The van der Waals surface area contributed by atoms with E-state index in [1.807, 2.05) is 0 Å². The van der Waals surface area contributed by atoms with Crippen LogP contribution in [0.15, 0.2) is 0 Å². The Morgan fingerprint density at radius 2 is 2.62 bits per heavy atom. The second kappa shape index (κ2) is 2.64. The molecule has 0 saturated heterocycles. The Hall–Kier alpha value is -0.610. The highest BCUT2D eigenvalue weighted by Gasteiger charge is 2.16. The SMILES string of the molecule is [2H][13CH]([2H])[12C@]([2H])(O)[13C@H]([15NH2])[13C](=O)O. The standard InChI is InChI=1S/C4H9NO3/c1-2(6)3(5)4(7)8/h2-3,6H,5H2,1H3,(H,7,8)/t2-,3-/m0/s1/i1+1D2,2+0D,3+1,4+1,5+1. The summed E-state index contributed by atoms with van der Waals surface area (Å²) in [6.45, 7) is -2.01. The van der Waals surface area contributed by atoms with Crippen LogP contribution >= 0.6 is 0 Å². The second-order valence-electron chi connectivity index (χ2n) is 1.24. The van der Waals surface area contributed by atoms with Gasteiger partial charge in [0.25, 0.3) is 0 Å². The number of nitrogens with two attached hydrogens (primary N) is 1. The summed E-state index contributed by atoms with van der Waals surface area (Å²) >= 11 is 0. The van der Waals surface area contributed by atoms with Crippen LogP contribution in [0.2, 0.25) is 0 Å². The van der Waals surface area contributed by atoms with Crippen LogP contribution in [0.4, 0.5) is 0 Å². The Morgan fingerprint density at radius 1 is 2.12 bits per heavy atom. The molecule has 4 N–H and O–H groups in total. The molecular weight excluding hydrogens is 114 g/mol. The van der Waals surface area contributed by atoms with Gasteiger partial charge in [0.1, 0.15) is 6.04 Å². The van der Waals surface area contributed by atoms with E-state index in [0.717, 1.165) is 0 Å². The summed E-state index contributed by atoms with van der Waals surface area (Å²) in [5.41, 5.74) is 4.82. The molecule has 0 aromatic carbocycles. The molecule has 0 aliphatic heterocycles. The van der Waals surface area contributed by atoms with Gasteiger partial charge in [-0.1, -0.05) is 0 Å². The van der Waals surface area contributed by atoms with Crippen molar-refractivity contribution in [3.8, 4) is 0 Å². The lowest BCUT2D eigenvalue weighted by Gasteiger charge is -2.06. The molecule has 0 heterocycles. The van der Waals surface area contributed by atoms with Crippen molar-refractivity contribution in [3.63, 3.8) is 0 Å². The fraction of sp³-hybridized carbons (Fsp3) is 0.750. The van der Waals surface area contributed by atoms with Gasteiger partial charge >= 0.3 is 5.97 Å². The fourth-order valence-electron chi connectivity index (χ4n) is 0.127. The molecule has 2 atom stereocenters. The Balaban J connectivity index is 4.41. The molecule has 0 unspecified atom stereocenters. The summed E-state index contributed by atoms with van der Waals surface area (Å²) in [5.74, 6) is -1.60. The maximum atomic E-state index is 10.1. The van der Waals surface area contributed by atoms with Crippen molar-refractivity contribution in [1.82, 2.24) is 0 Å². The van der Waals surface area contributed by atoms with Gasteiger partial charge in [-0.2, -0.15) is 0 Å². The van der Waals surface area contributed by atoms with E-state index < -0.39 is 25.0 Å². The quantitative estimate of drug-likeness (QED) is 0.320. The maximum Gasteiger partial charge on any atom is 0.323 e. The number of carboxylic acids is 1. The molecule has 0 saturated carbocycles. The molecule has 48 valence electrons. The van der Waals surface area contributed by atoms with Crippen molar-refractivity contribution in [3.05, 3.63) is 0 Å². The molecule has 0 aromatic heterocycles. The first-order valence-corrected chi connectivity index (χ1v) is 1.85. The van der Waals surface area contributed by atoms with E-state index >= 15 is 0 Å². The van der Waals surface area contributed by atoms with Crippen molar-refractivity contribution in [2.75, 3.05) is 0 Å². The lowest BCUT2D eigenvalue weighted by molar-refractivity contribution is -0.140. The Morgan fingerprint density at radius 3 is 2.75 bits per heavy atom. The van der Waals surface area contributed by atoms with Gasteiger partial charge in [-0.25, -0.2) is 0 Å². The third-order valence-corrected chi connectivity index (χ3v) is 0.585. The molecule has 8 heavy (non-hydrogen) atoms. The van der Waals surface area contributed by atoms with Crippen LogP contribution in [-0.2, 0) is 4.79 Å². The molecule has 0 bridgehead atoms. The molecule has 0 amide bonds. The van der Waals surface area contributed by atoms with Gasteiger partial charge in [-0.3, -0.25) is 4.79 Å². The van der Waals surface area contributed by atoms with Crippen LogP contribution in [0, 0.1) is 0 Å². The van der Waals surface area contributed by atoms with Crippen LogP contribution in [-0.4, -0.2) is 28.3 Å². The monoisotopic (exact) mass is 126 g/mol. The Labute approximate surface area is 51.1 Å². The smallest absolute Gasteiger partial charge is 0.323 e. The largest absolute Gasteiger partial charge is 0.480 e. The van der Waals surface area contributed by atoms with E-state index in [-0.39, 0.29) is 0 Å². The number of rotatable bonds is 2. The minimum absolute atomic E-state index is 1.60. The molecule has 0 fully saturated rings. The third-order valence-electron chi connectivity index (χ3n) is 0.585. The fourth-order valence-corrected chi connectivity index (χ4v) is 0.127. The van der Waals surface area contributed by atoms with E-state index in [1.54, 1.807) is 0 Å². The first-order valence-electron chi connectivity index (χ1n) is 3.51. The highest BCUT2D eigenvalue weighted by Crippen LogP contribution is 1.85. The maximum absolute atomic E-state index is 10.1. The Bertz CT molecular complexity index is 161. The van der Waals surface area contributed by atoms with E-state index in [4.69, 9.17) is 20.1 Å². The predicted molar refractivity (Wildman–Crippen MR) is 27.3 cm³/mol. The number of hydrogen-bond acceptors (Lipinski definition) is 3. The van der Waals surface area contributed by atoms with Crippen LogP contribution in [0.5, 0.6) is 0 Å². The molecule has 0 aromatic rings. The van der Waals surface area contributed by atoms with Gasteiger partial charge in [0.05, 0.1) is 7.45 Å². The van der Waals surface area contributed by atoms with Crippen molar-refractivity contribution in [1.29, 1.82) is 0 Å². The lowest BCUT2D eigenvalue weighted by atomic mass is 10.7. The normalized spacial score (nSPS) is 27.1. The number of carboxylic acid groups (broad SMARTS) is 1. The zero-order valence-electron chi connectivity index (χ0n) is 7.03. The molecule has 4 heteroatoms. The van der Waals surface area contributed by atoms with E-state index in [2.05, 4.69) is 0 Å². The van der Waals surface area contributed by atoms with E-state index in [1.165, 1.54) is 0 Å². The predicted octanol–water partition coefficient (Wildman–Crippen LogP) is -1.22. The van der Waals surface area contributed by atoms with Gasteiger partial charge in [-0.05, 0) is 6.88 Å². The second-order valence-corrected chi connectivity index (χ2v) is 1.24. The zero-order valence-corrected chi connectivity index (χ0v) is 4.03. The van der Waals surface area contributed by atoms with Crippen LogP contribution < -0.4 is 5.73 Å². The number of aliphatic carboxylic acids is 1. The van der Waals surface area contributed by atoms with Gasteiger partial charge in [-0.15, -0.1) is 0 Å². The van der Waals surface area contributed by atoms with Crippen molar-refractivity contribution in [2.45, 2.75) is 19.0 Å². The highest BCUT2D eigenvalue weighted by molar-refractivity contribution is 5.73. The van der Waals surface area contributed by atoms with Crippen LogP contribution in [0.25, 0.3) is 0 Å². The molecule has 0 radical (unpaired) electrons. The average molecular weight is 126 g/mol. The third kappa shape index (κ3) is 1.90. The Kier molecular flexibility index (Phi) is 1.13.